The Bertz CT molecular complexity index is 1190. The summed E-state index contributed by atoms with van der Waals surface area (Å²) in [6.45, 7) is -0.333. The molecular formula is C22H18F4N4O2. The molecule has 1 N–H and O–H groups in total. The number of aromatic nitrogens is 4. The molecule has 0 amide bonds. The first-order chi connectivity index (χ1) is 15.3. The molecule has 166 valence electrons. The van der Waals surface area contributed by atoms with E-state index in [0.717, 1.165) is 33.5 Å². The summed E-state index contributed by atoms with van der Waals surface area (Å²) in [6, 6.07) is 20.2. The molecule has 0 atom stereocenters. The molecular weight excluding hydrogens is 428 g/mol. The molecule has 0 aliphatic carbocycles. The molecule has 0 radical (unpaired) electrons. The van der Waals surface area contributed by atoms with E-state index in [1.54, 1.807) is 4.68 Å². The van der Waals surface area contributed by atoms with E-state index in [-0.39, 0.29) is 6.67 Å². The molecule has 0 spiro atoms. The van der Waals surface area contributed by atoms with Gasteiger partial charge in [-0.05, 0) is 37.1 Å². The Balaban J connectivity index is 0.000000360. The molecule has 6 nitrogen and oxygen atoms in total. The van der Waals surface area contributed by atoms with Gasteiger partial charge in [-0.1, -0.05) is 41.6 Å². The largest absolute Gasteiger partial charge is 0.490 e. The Morgan fingerprint density at radius 2 is 1.69 bits per heavy atom. The van der Waals surface area contributed by atoms with Gasteiger partial charge in [0.1, 0.15) is 0 Å². The topological polar surface area (TPSA) is 80.9 Å². The van der Waals surface area contributed by atoms with Crippen LogP contribution in [0.5, 0.6) is 0 Å². The van der Waals surface area contributed by atoms with E-state index in [1.807, 2.05) is 54.7 Å². The summed E-state index contributed by atoms with van der Waals surface area (Å²) >= 11 is 0. The number of nitrogens with zero attached hydrogens (tertiary/aromatic N) is 4. The number of benzene rings is 2. The number of alkyl halides is 4. The Morgan fingerprint density at radius 1 is 1.00 bits per heavy atom. The van der Waals surface area contributed by atoms with Crippen LogP contribution in [0.3, 0.4) is 0 Å². The molecule has 2 aromatic carbocycles. The monoisotopic (exact) mass is 446 g/mol. The second kappa shape index (κ2) is 9.99. The lowest BCUT2D eigenvalue weighted by Gasteiger charge is -2.05. The van der Waals surface area contributed by atoms with Crippen molar-refractivity contribution in [2.45, 2.75) is 19.0 Å². The molecule has 10 heteroatoms. The molecule has 2 heterocycles. The van der Waals surface area contributed by atoms with Crippen molar-refractivity contribution in [1.29, 1.82) is 0 Å². The van der Waals surface area contributed by atoms with Crippen molar-refractivity contribution in [2.24, 2.45) is 0 Å². The molecule has 0 bridgehead atoms. The number of aliphatic carboxylic acids is 1. The summed E-state index contributed by atoms with van der Waals surface area (Å²) in [5.41, 5.74) is 4.69. The van der Waals surface area contributed by atoms with Gasteiger partial charge in [0.2, 0.25) is 0 Å². The second-order valence-electron chi connectivity index (χ2n) is 6.69. The SMILES string of the molecule is FCCCc1cn(-c2ccc(-c3ccc4ccccc4n3)cc2)nn1.O=C(O)C(F)(F)F. The van der Waals surface area contributed by atoms with Gasteiger partial charge in [-0.2, -0.15) is 13.2 Å². The van der Waals surface area contributed by atoms with Crippen LogP contribution in [0.2, 0.25) is 0 Å². The van der Waals surface area contributed by atoms with Crippen LogP contribution in [0.25, 0.3) is 27.8 Å². The fraction of sp³-hybridized carbons (Fsp3) is 0.182. The van der Waals surface area contributed by atoms with Crippen molar-refractivity contribution < 1.29 is 27.5 Å². The zero-order valence-electron chi connectivity index (χ0n) is 16.6. The van der Waals surface area contributed by atoms with Crippen molar-refractivity contribution in [3.8, 4) is 16.9 Å². The Hall–Kier alpha value is -3.82. The highest BCUT2D eigenvalue weighted by Crippen LogP contribution is 2.22. The lowest BCUT2D eigenvalue weighted by molar-refractivity contribution is -0.192. The molecule has 2 aromatic heterocycles. The van der Waals surface area contributed by atoms with Gasteiger partial charge in [-0.25, -0.2) is 14.5 Å². The standard InChI is InChI=1S/C20H17FN4.C2HF3O2/c21-13-3-5-17-14-25(24-23-17)18-10-7-16(8-11-18)20-12-9-15-4-1-2-6-19(15)22-20;3-2(4,5)1(6)7/h1-2,4,6-12,14H,3,5,13H2;(H,6,7). The zero-order valence-corrected chi connectivity index (χ0v) is 16.6. The third-order valence-electron chi connectivity index (χ3n) is 4.38. The van der Waals surface area contributed by atoms with Gasteiger partial charge in [0.05, 0.1) is 35.5 Å². The molecule has 32 heavy (non-hydrogen) atoms. The third-order valence-corrected chi connectivity index (χ3v) is 4.38. The number of fused-ring (bicyclic) bond motifs is 1. The predicted molar refractivity (Wildman–Crippen MR) is 110 cm³/mol. The second-order valence-corrected chi connectivity index (χ2v) is 6.69. The third kappa shape index (κ3) is 5.87. The highest BCUT2D eigenvalue weighted by atomic mass is 19.4. The van der Waals surface area contributed by atoms with Gasteiger partial charge in [0, 0.05) is 10.9 Å². The maximum Gasteiger partial charge on any atom is 0.490 e. The van der Waals surface area contributed by atoms with Crippen molar-refractivity contribution >= 4 is 16.9 Å². The number of aryl methyl sites for hydroxylation is 1. The van der Waals surface area contributed by atoms with Crippen LogP contribution in [0, 0.1) is 0 Å². The minimum atomic E-state index is -5.08. The number of para-hydroxylation sites is 1. The lowest BCUT2D eigenvalue weighted by atomic mass is 10.1. The Labute approximate surface area is 180 Å². The smallest absolute Gasteiger partial charge is 0.475 e. The average molecular weight is 446 g/mol. The summed E-state index contributed by atoms with van der Waals surface area (Å²) < 4.78 is 45.7. The van der Waals surface area contributed by atoms with Crippen molar-refractivity contribution in [1.82, 2.24) is 20.0 Å². The summed E-state index contributed by atoms with van der Waals surface area (Å²) in [4.78, 5) is 13.6. The quantitative estimate of drug-likeness (QED) is 0.436. The van der Waals surface area contributed by atoms with Gasteiger partial charge in [-0.3, -0.25) is 4.39 Å². The molecule has 0 saturated heterocycles. The van der Waals surface area contributed by atoms with E-state index >= 15 is 0 Å². The molecule has 4 aromatic rings. The van der Waals surface area contributed by atoms with E-state index in [2.05, 4.69) is 22.4 Å². The number of pyridine rings is 1. The van der Waals surface area contributed by atoms with Gasteiger partial charge in [0.25, 0.3) is 0 Å². The number of carboxylic acid groups (broad SMARTS) is 1. The van der Waals surface area contributed by atoms with Crippen molar-refractivity contribution in [3.05, 3.63) is 72.6 Å². The summed E-state index contributed by atoms with van der Waals surface area (Å²) in [7, 11) is 0. The first kappa shape index (κ1) is 22.9. The number of carboxylic acids is 1. The Morgan fingerprint density at radius 3 is 2.34 bits per heavy atom. The number of hydrogen-bond donors (Lipinski definition) is 1. The fourth-order valence-corrected chi connectivity index (χ4v) is 2.80. The van der Waals surface area contributed by atoms with Crippen LogP contribution < -0.4 is 0 Å². The normalized spacial score (nSPS) is 11.1. The van der Waals surface area contributed by atoms with Crippen LogP contribution in [-0.2, 0) is 11.2 Å². The van der Waals surface area contributed by atoms with E-state index in [4.69, 9.17) is 14.9 Å². The minimum absolute atomic E-state index is 0.333. The number of carbonyl (C=O) groups is 1. The zero-order chi connectivity index (χ0) is 23.1. The van der Waals surface area contributed by atoms with Gasteiger partial charge < -0.3 is 5.11 Å². The first-order valence-electron chi connectivity index (χ1n) is 9.52. The van der Waals surface area contributed by atoms with Gasteiger partial charge in [0.15, 0.2) is 0 Å². The Kier molecular flexibility index (Phi) is 7.14. The molecule has 0 aliphatic rings. The highest BCUT2D eigenvalue weighted by Gasteiger charge is 2.38. The minimum Gasteiger partial charge on any atom is -0.475 e. The van der Waals surface area contributed by atoms with Crippen LogP contribution in [0.1, 0.15) is 12.1 Å². The van der Waals surface area contributed by atoms with Gasteiger partial charge >= 0.3 is 12.1 Å². The van der Waals surface area contributed by atoms with E-state index in [1.165, 1.54) is 0 Å². The van der Waals surface area contributed by atoms with E-state index in [9.17, 15) is 17.6 Å². The average Bonchev–Trinajstić information content (AvgIpc) is 3.26. The maximum absolute atomic E-state index is 12.3. The van der Waals surface area contributed by atoms with Crippen LogP contribution in [0.4, 0.5) is 17.6 Å². The number of hydrogen-bond acceptors (Lipinski definition) is 4. The van der Waals surface area contributed by atoms with Crippen LogP contribution >= 0.6 is 0 Å². The summed E-state index contributed by atoms with van der Waals surface area (Å²) in [5, 5.41) is 16.4. The molecule has 0 fully saturated rings. The number of rotatable bonds is 5. The molecule has 0 aliphatic heterocycles. The molecule has 0 unspecified atom stereocenters. The lowest BCUT2D eigenvalue weighted by Crippen LogP contribution is -2.21. The van der Waals surface area contributed by atoms with E-state index < -0.39 is 12.1 Å². The van der Waals surface area contributed by atoms with Gasteiger partial charge in [-0.15, -0.1) is 5.10 Å². The first-order valence-corrected chi connectivity index (χ1v) is 9.52. The van der Waals surface area contributed by atoms with E-state index in [0.29, 0.717) is 12.8 Å². The number of halogens is 4. The summed E-state index contributed by atoms with van der Waals surface area (Å²) in [6.07, 6.45) is -2.15. The summed E-state index contributed by atoms with van der Waals surface area (Å²) in [5.74, 6) is -2.76. The fourth-order valence-electron chi connectivity index (χ4n) is 2.80. The van der Waals surface area contributed by atoms with Crippen molar-refractivity contribution in [3.63, 3.8) is 0 Å². The highest BCUT2D eigenvalue weighted by molar-refractivity contribution is 5.81. The van der Waals surface area contributed by atoms with Crippen molar-refractivity contribution in [2.75, 3.05) is 6.67 Å². The van der Waals surface area contributed by atoms with Crippen LogP contribution in [0.15, 0.2) is 66.9 Å². The molecule has 0 saturated carbocycles. The maximum atomic E-state index is 12.3. The predicted octanol–water partition coefficient (Wildman–Crippen LogP) is 5.02. The molecule has 4 rings (SSSR count). The van der Waals surface area contributed by atoms with Crippen LogP contribution in [-0.4, -0.2) is 43.9 Å².